The summed E-state index contributed by atoms with van der Waals surface area (Å²) in [6, 6.07) is 19.6. The topological polar surface area (TPSA) is 60.9 Å². The first-order valence-electron chi connectivity index (χ1n) is 12.3. The molecule has 6 nitrogen and oxygen atoms in total. The van der Waals surface area contributed by atoms with Gasteiger partial charge in [0.05, 0.1) is 29.0 Å². The fraction of sp³-hybridized carbons (Fsp3) is 0.393. The largest absolute Gasteiger partial charge is 0.332 e. The van der Waals surface area contributed by atoms with Crippen LogP contribution in [-0.2, 0) is 20.9 Å². The first-order valence-corrected chi connectivity index (χ1v) is 12.3. The maximum atomic E-state index is 14.0. The van der Waals surface area contributed by atoms with Crippen molar-refractivity contribution in [2.24, 2.45) is 29.6 Å². The number of hydrogen-bond acceptors (Lipinski definition) is 4. The van der Waals surface area contributed by atoms with E-state index < -0.39 is 23.3 Å². The van der Waals surface area contributed by atoms with Crippen LogP contribution in [0.15, 0.2) is 72.8 Å². The summed E-state index contributed by atoms with van der Waals surface area (Å²) < 4.78 is 0. The predicted octanol–water partition coefficient (Wildman–Crippen LogP) is 2.71. The minimum absolute atomic E-state index is 0.0334. The Hall–Kier alpha value is -3.25. The number of nitrogens with zero attached hydrogens (tertiary/aromatic N) is 3. The first-order chi connectivity index (χ1) is 16.6. The summed E-state index contributed by atoms with van der Waals surface area (Å²) in [4.78, 5) is 47.0. The van der Waals surface area contributed by atoms with Gasteiger partial charge in [-0.05, 0) is 36.0 Å². The summed E-state index contributed by atoms with van der Waals surface area (Å²) in [5.41, 5.74) is 1.17. The van der Waals surface area contributed by atoms with Crippen molar-refractivity contribution in [2.45, 2.75) is 18.5 Å². The molecule has 34 heavy (non-hydrogen) atoms. The fourth-order valence-electron chi connectivity index (χ4n) is 7.57. The van der Waals surface area contributed by atoms with Gasteiger partial charge in [-0.1, -0.05) is 60.7 Å². The number of anilines is 1. The monoisotopic (exact) mass is 453 g/mol. The zero-order chi connectivity index (χ0) is 23.0. The molecule has 0 aromatic heterocycles. The van der Waals surface area contributed by atoms with Crippen molar-refractivity contribution in [1.82, 2.24) is 9.80 Å². The number of carbonyl (C=O) groups is 3. The van der Waals surface area contributed by atoms with Gasteiger partial charge in [0.25, 0.3) is 0 Å². The summed E-state index contributed by atoms with van der Waals surface area (Å²) in [5.74, 6) is -1.44. The van der Waals surface area contributed by atoms with Crippen molar-refractivity contribution >= 4 is 23.4 Å². The highest BCUT2D eigenvalue weighted by Crippen LogP contribution is 2.58. The number of amides is 3. The molecule has 6 aliphatic rings. The van der Waals surface area contributed by atoms with Gasteiger partial charge in [-0.2, -0.15) is 0 Å². The lowest BCUT2D eigenvalue weighted by Crippen LogP contribution is -2.75. The lowest BCUT2D eigenvalue weighted by Gasteiger charge is -2.64. The summed E-state index contributed by atoms with van der Waals surface area (Å²) in [7, 11) is 0. The van der Waals surface area contributed by atoms with E-state index in [4.69, 9.17) is 0 Å². The molecule has 1 aliphatic carbocycles. The van der Waals surface area contributed by atoms with E-state index in [9.17, 15) is 14.4 Å². The van der Waals surface area contributed by atoms with Gasteiger partial charge in [0, 0.05) is 26.2 Å². The third-order valence-corrected chi connectivity index (χ3v) is 8.80. The normalized spacial score (nSPS) is 36.1. The van der Waals surface area contributed by atoms with Crippen LogP contribution in [0.3, 0.4) is 0 Å². The molecule has 2 aromatic rings. The molecule has 0 N–H and O–H groups in total. The maximum Gasteiger partial charge on any atom is 0.240 e. The molecular formula is C28H27N3O3. The first kappa shape index (κ1) is 20.2. The van der Waals surface area contributed by atoms with Crippen LogP contribution in [0.1, 0.15) is 12.0 Å². The van der Waals surface area contributed by atoms with Gasteiger partial charge < -0.3 is 4.90 Å². The average molecular weight is 454 g/mol. The van der Waals surface area contributed by atoms with E-state index in [1.54, 1.807) is 12.1 Å². The molecule has 0 unspecified atom stereocenters. The highest BCUT2D eigenvalue weighted by molar-refractivity contribution is 6.24. The highest BCUT2D eigenvalue weighted by Gasteiger charge is 2.71. The number of imide groups is 1. The van der Waals surface area contributed by atoms with Crippen LogP contribution in [0, 0.1) is 29.6 Å². The van der Waals surface area contributed by atoms with E-state index >= 15 is 0 Å². The van der Waals surface area contributed by atoms with Crippen LogP contribution in [0.2, 0.25) is 0 Å². The summed E-state index contributed by atoms with van der Waals surface area (Å²) in [6.45, 7) is 3.30. The number of hydrogen-bond donors (Lipinski definition) is 0. The lowest BCUT2D eigenvalue weighted by molar-refractivity contribution is -0.177. The number of rotatable bonds is 3. The second-order valence-electron chi connectivity index (χ2n) is 10.6. The highest BCUT2D eigenvalue weighted by atomic mass is 16.2. The van der Waals surface area contributed by atoms with Crippen molar-refractivity contribution in [3.8, 4) is 0 Å². The van der Waals surface area contributed by atoms with E-state index in [1.807, 2.05) is 35.2 Å². The third-order valence-electron chi connectivity index (χ3n) is 8.80. The summed E-state index contributed by atoms with van der Waals surface area (Å²) in [6.07, 6.45) is 5.06. The third kappa shape index (κ3) is 2.57. The zero-order valence-electron chi connectivity index (χ0n) is 18.9. The SMILES string of the molecule is O=C1[C@H]2[C@H]3C=C[C@@]4([C@H]5C[C@@H](CN(Cc6ccccc6)C5)CN4C3=O)[C@H]2C(=O)N1c1ccccc1. The summed E-state index contributed by atoms with van der Waals surface area (Å²) >= 11 is 0. The standard InChI is InChI=1S/C28H27N3O3/c32-25-22-11-12-28(24-23(22)26(33)31(27(24)34)21-9-5-2-6-10-21)20-13-19(16-30(25)28)15-29(17-20)14-18-7-3-1-4-8-18/h1-12,19-20,22-24H,13-17H2/t19-,20-,22+,23-,24+,28+/m0/s1. The molecule has 6 atom stereocenters. The van der Waals surface area contributed by atoms with Gasteiger partial charge in [0.1, 0.15) is 0 Å². The maximum absolute atomic E-state index is 14.0. The van der Waals surface area contributed by atoms with Crippen LogP contribution in [-0.4, -0.2) is 52.7 Å². The van der Waals surface area contributed by atoms with Gasteiger partial charge in [0.15, 0.2) is 0 Å². The van der Waals surface area contributed by atoms with E-state index in [0.29, 0.717) is 18.2 Å². The molecular weight excluding hydrogens is 426 g/mol. The Morgan fingerprint density at radius 2 is 1.56 bits per heavy atom. The number of fused-ring (bicyclic) bond motifs is 2. The van der Waals surface area contributed by atoms with Gasteiger partial charge in [-0.3, -0.25) is 19.3 Å². The zero-order valence-corrected chi connectivity index (χ0v) is 18.9. The van der Waals surface area contributed by atoms with Crippen LogP contribution in [0.25, 0.3) is 0 Å². The Kier molecular flexibility index (Phi) is 4.22. The Bertz CT molecular complexity index is 1210. The van der Waals surface area contributed by atoms with E-state index in [2.05, 4.69) is 35.2 Å². The van der Waals surface area contributed by atoms with Crippen LogP contribution < -0.4 is 4.90 Å². The van der Waals surface area contributed by atoms with E-state index in [0.717, 1.165) is 26.1 Å². The molecule has 2 aromatic carbocycles. The van der Waals surface area contributed by atoms with Crippen molar-refractivity contribution < 1.29 is 14.4 Å². The lowest BCUT2D eigenvalue weighted by atomic mass is 9.54. The Balaban J connectivity index is 1.28. The molecule has 4 fully saturated rings. The van der Waals surface area contributed by atoms with E-state index in [-0.39, 0.29) is 23.6 Å². The van der Waals surface area contributed by atoms with Crippen LogP contribution in [0.4, 0.5) is 5.69 Å². The molecule has 4 bridgehead atoms. The molecule has 5 aliphatic heterocycles. The molecule has 5 heterocycles. The van der Waals surface area contributed by atoms with Crippen LogP contribution >= 0.6 is 0 Å². The smallest absolute Gasteiger partial charge is 0.240 e. The van der Waals surface area contributed by atoms with Crippen molar-refractivity contribution in [1.29, 1.82) is 0 Å². The van der Waals surface area contributed by atoms with Crippen LogP contribution in [0.5, 0.6) is 0 Å². The molecule has 4 saturated heterocycles. The van der Waals surface area contributed by atoms with Gasteiger partial charge in [0.2, 0.25) is 17.7 Å². The Morgan fingerprint density at radius 1 is 0.824 bits per heavy atom. The molecule has 172 valence electrons. The fourth-order valence-corrected chi connectivity index (χ4v) is 7.57. The molecule has 0 saturated carbocycles. The Labute approximate surface area is 198 Å². The molecule has 1 spiro atoms. The summed E-state index contributed by atoms with van der Waals surface area (Å²) in [5, 5.41) is 0. The quantitative estimate of drug-likeness (QED) is 0.530. The van der Waals surface area contributed by atoms with Gasteiger partial charge in [-0.25, -0.2) is 4.90 Å². The average Bonchev–Trinajstić information content (AvgIpc) is 3.13. The van der Waals surface area contributed by atoms with Crippen molar-refractivity contribution in [3.63, 3.8) is 0 Å². The van der Waals surface area contributed by atoms with E-state index in [1.165, 1.54) is 10.5 Å². The molecule has 0 radical (unpaired) electrons. The predicted molar refractivity (Wildman–Crippen MR) is 126 cm³/mol. The number of para-hydroxylation sites is 1. The number of piperidine rings is 3. The minimum atomic E-state index is -0.710. The number of benzene rings is 2. The van der Waals surface area contributed by atoms with Crippen molar-refractivity contribution in [2.75, 3.05) is 24.5 Å². The number of carbonyl (C=O) groups excluding carboxylic acids is 3. The Morgan fingerprint density at radius 3 is 2.32 bits per heavy atom. The number of likely N-dealkylation sites (tertiary alicyclic amines) is 1. The van der Waals surface area contributed by atoms with Gasteiger partial charge in [-0.15, -0.1) is 0 Å². The second kappa shape index (κ2) is 7.12. The molecule has 8 rings (SSSR count). The second-order valence-corrected chi connectivity index (χ2v) is 10.6. The molecule has 3 amide bonds. The van der Waals surface area contributed by atoms with Gasteiger partial charge >= 0.3 is 0 Å². The molecule has 6 heteroatoms. The van der Waals surface area contributed by atoms with Crippen molar-refractivity contribution in [3.05, 3.63) is 78.4 Å². The minimum Gasteiger partial charge on any atom is -0.332 e.